The summed E-state index contributed by atoms with van der Waals surface area (Å²) in [6.45, 7) is 4.45. The van der Waals surface area contributed by atoms with Crippen LogP contribution in [0.15, 0.2) is 29.6 Å². The van der Waals surface area contributed by atoms with Crippen molar-refractivity contribution in [2.75, 3.05) is 0 Å². The lowest BCUT2D eigenvalue weighted by Gasteiger charge is -2.41. The molecule has 2 aliphatic carbocycles. The summed E-state index contributed by atoms with van der Waals surface area (Å²) in [6.07, 6.45) is 5.01. The number of hydrogen-bond acceptors (Lipinski definition) is 3. The summed E-state index contributed by atoms with van der Waals surface area (Å²) in [5, 5.41) is 7.40. The van der Waals surface area contributed by atoms with Crippen molar-refractivity contribution in [1.29, 1.82) is 0 Å². The van der Waals surface area contributed by atoms with Crippen LogP contribution in [0.5, 0.6) is 0 Å². The van der Waals surface area contributed by atoms with Gasteiger partial charge in [0.1, 0.15) is 5.01 Å². The zero-order valence-electron chi connectivity index (χ0n) is 12.7. The summed E-state index contributed by atoms with van der Waals surface area (Å²) in [5.41, 5.74) is 4.06. The quantitative estimate of drug-likeness (QED) is 0.911. The Morgan fingerprint density at radius 1 is 1.24 bits per heavy atom. The Labute approximate surface area is 130 Å². The highest BCUT2D eigenvalue weighted by Crippen LogP contribution is 2.47. The summed E-state index contributed by atoms with van der Waals surface area (Å²) in [6, 6.07) is 9.66. The summed E-state index contributed by atoms with van der Waals surface area (Å²) >= 11 is 1.82. The molecular formula is C18H22N2S. The van der Waals surface area contributed by atoms with Crippen LogP contribution in [0.1, 0.15) is 60.4 Å². The van der Waals surface area contributed by atoms with Crippen LogP contribution < -0.4 is 5.32 Å². The number of rotatable bonds is 3. The molecule has 3 heteroatoms. The van der Waals surface area contributed by atoms with Gasteiger partial charge in [-0.25, -0.2) is 4.98 Å². The van der Waals surface area contributed by atoms with E-state index in [0.29, 0.717) is 12.0 Å². The van der Waals surface area contributed by atoms with Crippen molar-refractivity contribution in [3.05, 3.63) is 51.5 Å². The molecule has 110 valence electrons. The Morgan fingerprint density at radius 3 is 2.76 bits per heavy atom. The lowest BCUT2D eigenvalue weighted by Crippen LogP contribution is -2.47. The van der Waals surface area contributed by atoms with Gasteiger partial charge in [0.05, 0.1) is 5.54 Å². The van der Waals surface area contributed by atoms with Gasteiger partial charge in [0.2, 0.25) is 0 Å². The van der Waals surface area contributed by atoms with E-state index in [1.807, 2.05) is 11.3 Å². The molecule has 1 fully saturated rings. The third-order valence-electron chi connectivity index (χ3n) is 4.92. The van der Waals surface area contributed by atoms with Gasteiger partial charge in [-0.3, -0.25) is 5.32 Å². The fourth-order valence-electron chi connectivity index (χ4n) is 3.60. The minimum absolute atomic E-state index is 0.0524. The fourth-order valence-corrected chi connectivity index (χ4v) is 4.60. The maximum Gasteiger partial charge on any atom is 0.118 e. The summed E-state index contributed by atoms with van der Waals surface area (Å²) < 4.78 is 0. The average molecular weight is 298 g/mol. The molecule has 1 aromatic heterocycles. The van der Waals surface area contributed by atoms with Crippen LogP contribution in [0.3, 0.4) is 0 Å². The van der Waals surface area contributed by atoms with E-state index in [2.05, 4.69) is 48.8 Å². The van der Waals surface area contributed by atoms with E-state index in [1.165, 1.54) is 35.4 Å². The van der Waals surface area contributed by atoms with E-state index in [0.717, 1.165) is 12.1 Å². The Kier molecular flexibility index (Phi) is 3.16. The van der Waals surface area contributed by atoms with Gasteiger partial charge in [0, 0.05) is 17.1 Å². The molecular weight excluding hydrogens is 276 g/mol. The molecule has 0 amide bonds. The Hall–Kier alpha value is -1.19. The van der Waals surface area contributed by atoms with Gasteiger partial charge >= 0.3 is 0 Å². The molecule has 2 aromatic rings. The number of fused-ring (bicyclic) bond motifs is 1. The molecule has 2 nitrogen and oxygen atoms in total. The molecule has 4 rings (SSSR count). The van der Waals surface area contributed by atoms with Crippen LogP contribution >= 0.6 is 11.3 Å². The minimum atomic E-state index is -0.0524. The first-order chi connectivity index (χ1) is 10.2. The number of aromatic nitrogens is 1. The van der Waals surface area contributed by atoms with E-state index < -0.39 is 0 Å². The van der Waals surface area contributed by atoms with Crippen molar-refractivity contribution in [1.82, 2.24) is 10.3 Å². The lowest BCUT2D eigenvalue weighted by atomic mass is 9.72. The smallest absolute Gasteiger partial charge is 0.118 e. The third kappa shape index (κ3) is 2.23. The van der Waals surface area contributed by atoms with Gasteiger partial charge in [-0.05, 0) is 49.7 Å². The monoisotopic (exact) mass is 298 g/mol. The number of benzene rings is 1. The Balaban J connectivity index is 1.88. The molecule has 0 radical (unpaired) electrons. The Morgan fingerprint density at radius 2 is 2.05 bits per heavy atom. The van der Waals surface area contributed by atoms with E-state index in [-0.39, 0.29) is 5.54 Å². The molecule has 0 spiro atoms. The van der Waals surface area contributed by atoms with Crippen LogP contribution in [0.25, 0.3) is 0 Å². The second kappa shape index (κ2) is 4.92. The molecule has 2 atom stereocenters. The van der Waals surface area contributed by atoms with Crippen LogP contribution in [-0.2, 0) is 5.54 Å². The lowest BCUT2D eigenvalue weighted by molar-refractivity contribution is 0.322. The van der Waals surface area contributed by atoms with Gasteiger partial charge in [-0.15, -0.1) is 11.3 Å². The second-order valence-electron chi connectivity index (χ2n) is 6.64. The summed E-state index contributed by atoms with van der Waals surface area (Å²) in [5.74, 6) is 0.649. The normalized spacial score (nSPS) is 28.4. The summed E-state index contributed by atoms with van der Waals surface area (Å²) in [4.78, 5) is 4.87. The van der Waals surface area contributed by atoms with Crippen molar-refractivity contribution >= 4 is 11.3 Å². The standard InChI is InChI=1S/C18H22N2S/c1-12-9-10-18(20-14-7-8-14,17-19-13(2)11-21-17)16-6-4-3-5-15(12)16/h3-6,11-12,14,20H,7-10H2,1-2H3. The van der Waals surface area contributed by atoms with Gasteiger partial charge in [-0.2, -0.15) is 0 Å². The van der Waals surface area contributed by atoms with E-state index in [9.17, 15) is 0 Å². The van der Waals surface area contributed by atoms with E-state index >= 15 is 0 Å². The topological polar surface area (TPSA) is 24.9 Å². The molecule has 1 heterocycles. The predicted octanol–water partition coefficient (Wildman–Crippen LogP) is 4.34. The van der Waals surface area contributed by atoms with Gasteiger partial charge in [0.15, 0.2) is 0 Å². The van der Waals surface area contributed by atoms with Crippen LogP contribution in [0, 0.1) is 6.92 Å². The maximum atomic E-state index is 4.87. The molecule has 2 aliphatic rings. The van der Waals surface area contributed by atoms with Crippen LogP contribution in [0.2, 0.25) is 0 Å². The zero-order chi connectivity index (χ0) is 14.4. The fraction of sp³-hybridized carbons (Fsp3) is 0.500. The number of nitrogens with zero attached hydrogens (tertiary/aromatic N) is 1. The second-order valence-corrected chi connectivity index (χ2v) is 7.50. The average Bonchev–Trinajstić information content (AvgIpc) is 3.21. The SMILES string of the molecule is Cc1csc(C2(NC3CC3)CCC(C)c3ccccc32)n1. The zero-order valence-corrected chi connectivity index (χ0v) is 13.5. The van der Waals surface area contributed by atoms with E-state index in [4.69, 9.17) is 4.98 Å². The molecule has 0 saturated heterocycles. The largest absolute Gasteiger partial charge is 0.299 e. The number of hydrogen-bond donors (Lipinski definition) is 1. The molecule has 1 N–H and O–H groups in total. The first kappa shape index (κ1) is 13.5. The van der Waals surface area contributed by atoms with Gasteiger partial charge < -0.3 is 0 Å². The molecule has 1 aromatic carbocycles. The first-order valence-corrected chi connectivity index (χ1v) is 8.87. The van der Waals surface area contributed by atoms with Crippen molar-refractivity contribution in [3.8, 4) is 0 Å². The minimum Gasteiger partial charge on any atom is -0.299 e. The highest BCUT2D eigenvalue weighted by molar-refractivity contribution is 7.09. The van der Waals surface area contributed by atoms with Gasteiger partial charge in [-0.1, -0.05) is 31.2 Å². The van der Waals surface area contributed by atoms with E-state index in [1.54, 1.807) is 0 Å². The van der Waals surface area contributed by atoms with Crippen molar-refractivity contribution < 1.29 is 0 Å². The third-order valence-corrected chi connectivity index (χ3v) is 6.04. The predicted molar refractivity (Wildman–Crippen MR) is 87.9 cm³/mol. The van der Waals surface area contributed by atoms with Gasteiger partial charge in [0.25, 0.3) is 0 Å². The number of nitrogens with one attached hydrogen (secondary N) is 1. The van der Waals surface area contributed by atoms with Crippen molar-refractivity contribution in [2.24, 2.45) is 0 Å². The molecule has 21 heavy (non-hydrogen) atoms. The van der Waals surface area contributed by atoms with Crippen molar-refractivity contribution in [3.63, 3.8) is 0 Å². The summed E-state index contributed by atoms with van der Waals surface area (Å²) in [7, 11) is 0. The molecule has 0 bridgehead atoms. The van der Waals surface area contributed by atoms with Crippen LogP contribution in [0.4, 0.5) is 0 Å². The highest BCUT2D eigenvalue weighted by atomic mass is 32.1. The Bertz CT molecular complexity index is 659. The maximum absolute atomic E-state index is 4.87. The van der Waals surface area contributed by atoms with Crippen molar-refractivity contribution in [2.45, 2.75) is 57.0 Å². The number of thiazole rings is 1. The molecule has 2 unspecified atom stereocenters. The molecule has 1 saturated carbocycles. The highest BCUT2D eigenvalue weighted by Gasteiger charge is 2.45. The molecule has 0 aliphatic heterocycles. The number of aryl methyl sites for hydroxylation is 1. The first-order valence-electron chi connectivity index (χ1n) is 7.99. The van der Waals surface area contributed by atoms with Crippen LogP contribution in [-0.4, -0.2) is 11.0 Å².